The second-order valence-electron chi connectivity index (χ2n) is 5.49. The average Bonchev–Trinajstić information content (AvgIpc) is 3.20. The topological polar surface area (TPSA) is 49.3 Å². The summed E-state index contributed by atoms with van der Waals surface area (Å²) in [5, 5.41) is 11.9. The Morgan fingerprint density at radius 1 is 1.43 bits per heavy atom. The lowest BCUT2D eigenvalue weighted by Crippen LogP contribution is -2.20. The van der Waals surface area contributed by atoms with Crippen molar-refractivity contribution in [3.05, 3.63) is 29.3 Å². The van der Waals surface area contributed by atoms with Crippen LogP contribution >= 0.6 is 0 Å². The first-order chi connectivity index (χ1) is 9.81. The van der Waals surface area contributed by atoms with Crippen LogP contribution < -0.4 is 5.32 Å². The summed E-state index contributed by atoms with van der Waals surface area (Å²) < 4.78 is 38.8. The predicted octanol–water partition coefficient (Wildman–Crippen LogP) is 4.39. The third kappa shape index (κ3) is 4.12. The minimum atomic E-state index is -4.68. The molecule has 3 nitrogen and oxygen atoms in total. The molecule has 1 aliphatic rings. The molecule has 0 heterocycles. The summed E-state index contributed by atoms with van der Waals surface area (Å²) in [6, 6.07) is 3.42. The molecule has 0 saturated heterocycles. The van der Waals surface area contributed by atoms with Crippen molar-refractivity contribution in [1.82, 2.24) is 0 Å². The first-order valence-electron chi connectivity index (χ1n) is 7.02. The molecule has 1 atom stereocenters. The zero-order valence-corrected chi connectivity index (χ0v) is 11.7. The van der Waals surface area contributed by atoms with Crippen molar-refractivity contribution in [1.29, 1.82) is 0 Å². The second kappa shape index (κ2) is 5.95. The third-order valence-electron chi connectivity index (χ3n) is 3.73. The highest BCUT2D eigenvalue weighted by molar-refractivity contribution is 5.90. The quantitative estimate of drug-likeness (QED) is 0.819. The number of nitrogens with one attached hydrogen (secondary N) is 1. The van der Waals surface area contributed by atoms with E-state index in [1.54, 1.807) is 0 Å². The van der Waals surface area contributed by atoms with Gasteiger partial charge in [-0.2, -0.15) is 13.2 Å². The maximum atomic E-state index is 12.9. The molecule has 1 unspecified atom stereocenters. The largest absolute Gasteiger partial charge is 0.478 e. The SMILES string of the molecule is CCC(CC1CC1)Nc1ccc(C(=O)O)c(C(F)(F)F)c1. The maximum absolute atomic E-state index is 12.9. The predicted molar refractivity (Wildman–Crippen MR) is 73.4 cm³/mol. The van der Waals surface area contributed by atoms with Gasteiger partial charge in [-0.3, -0.25) is 0 Å². The molecule has 0 aromatic heterocycles. The Morgan fingerprint density at radius 2 is 2.10 bits per heavy atom. The van der Waals surface area contributed by atoms with Crippen molar-refractivity contribution < 1.29 is 23.1 Å². The van der Waals surface area contributed by atoms with Gasteiger partial charge in [-0.1, -0.05) is 19.8 Å². The molecule has 1 aromatic rings. The van der Waals surface area contributed by atoms with Crippen LogP contribution in [0.25, 0.3) is 0 Å². The van der Waals surface area contributed by atoms with E-state index in [-0.39, 0.29) is 6.04 Å². The van der Waals surface area contributed by atoms with Crippen molar-refractivity contribution >= 4 is 11.7 Å². The lowest BCUT2D eigenvalue weighted by atomic mass is 10.0. The van der Waals surface area contributed by atoms with E-state index in [9.17, 15) is 18.0 Å². The van der Waals surface area contributed by atoms with Crippen LogP contribution in [0, 0.1) is 5.92 Å². The van der Waals surface area contributed by atoms with Gasteiger partial charge in [-0.25, -0.2) is 4.79 Å². The van der Waals surface area contributed by atoms with Gasteiger partial charge in [0.1, 0.15) is 0 Å². The highest BCUT2D eigenvalue weighted by Gasteiger charge is 2.35. The number of halogens is 3. The number of carboxylic acid groups (broad SMARTS) is 1. The van der Waals surface area contributed by atoms with E-state index in [0.29, 0.717) is 11.6 Å². The van der Waals surface area contributed by atoms with Gasteiger partial charge in [-0.15, -0.1) is 0 Å². The normalized spacial score (nSPS) is 16.6. The van der Waals surface area contributed by atoms with Crippen LogP contribution in [-0.2, 0) is 6.18 Å². The first kappa shape index (κ1) is 15.7. The Balaban J connectivity index is 2.21. The van der Waals surface area contributed by atoms with Crippen molar-refractivity contribution in [3.63, 3.8) is 0 Å². The fourth-order valence-corrected chi connectivity index (χ4v) is 2.37. The van der Waals surface area contributed by atoms with E-state index >= 15 is 0 Å². The smallest absolute Gasteiger partial charge is 0.417 e. The molecule has 0 bridgehead atoms. The van der Waals surface area contributed by atoms with Gasteiger partial charge in [0, 0.05) is 11.7 Å². The molecule has 21 heavy (non-hydrogen) atoms. The molecule has 2 rings (SSSR count). The van der Waals surface area contributed by atoms with Crippen molar-refractivity contribution in [2.24, 2.45) is 5.92 Å². The standard InChI is InChI=1S/C15H18F3NO2/c1-2-10(7-9-3-4-9)19-11-5-6-12(14(20)21)13(8-11)15(16,17)18/h5-6,8-10,19H,2-4,7H2,1H3,(H,20,21). The lowest BCUT2D eigenvalue weighted by Gasteiger charge is -2.19. The van der Waals surface area contributed by atoms with Gasteiger partial charge in [0.25, 0.3) is 0 Å². The molecule has 0 aliphatic heterocycles. The Morgan fingerprint density at radius 3 is 2.57 bits per heavy atom. The van der Waals surface area contributed by atoms with E-state index in [1.165, 1.54) is 18.9 Å². The molecular formula is C15H18F3NO2. The Hall–Kier alpha value is -1.72. The van der Waals surface area contributed by atoms with Crippen molar-refractivity contribution in [2.75, 3.05) is 5.32 Å². The van der Waals surface area contributed by atoms with Gasteiger partial charge >= 0.3 is 12.1 Å². The highest BCUT2D eigenvalue weighted by Crippen LogP contribution is 2.36. The zero-order valence-electron chi connectivity index (χ0n) is 11.7. The fraction of sp³-hybridized carbons (Fsp3) is 0.533. The van der Waals surface area contributed by atoms with Crippen LogP contribution in [-0.4, -0.2) is 17.1 Å². The summed E-state index contributed by atoms with van der Waals surface area (Å²) in [7, 11) is 0. The average molecular weight is 301 g/mol. The summed E-state index contributed by atoms with van der Waals surface area (Å²) in [6.07, 6.45) is -0.547. The Labute approximate surface area is 121 Å². The third-order valence-corrected chi connectivity index (χ3v) is 3.73. The summed E-state index contributed by atoms with van der Waals surface area (Å²) >= 11 is 0. The molecule has 0 spiro atoms. The molecule has 1 saturated carbocycles. The molecule has 2 N–H and O–H groups in total. The summed E-state index contributed by atoms with van der Waals surface area (Å²) in [4.78, 5) is 10.9. The van der Waals surface area contributed by atoms with Gasteiger partial charge in [0.05, 0.1) is 11.1 Å². The van der Waals surface area contributed by atoms with Gasteiger partial charge < -0.3 is 10.4 Å². The summed E-state index contributed by atoms with van der Waals surface area (Å²) in [5.74, 6) is -0.901. The summed E-state index contributed by atoms with van der Waals surface area (Å²) in [6.45, 7) is 1.98. The van der Waals surface area contributed by atoms with E-state index < -0.39 is 23.3 Å². The highest BCUT2D eigenvalue weighted by atomic mass is 19.4. The molecular weight excluding hydrogens is 283 g/mol. The number of hydrogen-bond acceptors (Lipinski definition) is 2. The number of aromatic carboxylic acids is 1. The lowest BCUT2D eigenvalue weighted by molar-refractivity contribution is -0.138. The van der Waals surface area contributed by atoms with Crippen molar-refractivity contribution in [3.8, 4) is 0 Å². The van der Waals surface area contributed by atoms with Crippen LogP contribution in [0.2, 0.25) is 0 Å². The van der Waals surface area contributed by atoms with Crippen LogP contribution in [0.5, 0.6) is 0 Å². The second-order valence-corrected chi connectivity index (χ2v) is 5.49. The van der Waals surface area contributed by atoms with Gasteiger partial charge in [-0.05, 0) is 37.0 Å². The molecule has 1 aromatic carbocycles. The zero-order chi connectivity index (χ0) is 15.6. The molecule has 0 radical (unpaired) electrons. The van der Waals surface area contributed by atoms with Gasteiger partial charge in [0.2, 0.25) is 0 Å². The Kier molecular flexibility index (Phi) is 4.44. The van der Waals surface area contributed by atoms with E-state index in [4.69, 9.17) is 5.11 Å². The van der Waals surface area contributed by atoms with Gasteiger partial charge in [0.15, 0.2) is 0 Å². The number of benzene rings is 1. The van der Waals surface area contributed by atoms with Crippen LogP contribution in [0.15, 0.2) is 18.2 Å². The van der Waals surface area contributed by atoms with Crippen LogP contribution in [0.3, 0.4) is 0 Å². The number of rotatable bonds is 6. The van der Waals surface area contributed by atoms with E-state index in [1.807, 2.05) is 6.92 Å². The number of alkyl halides is 3. The van der Waals surface area contributed by atoms with Crippen molar-refractivity contribution in [2.45, 2.75) is 44.8 Å². The monoisotopic (exact) mass is 301 g/mol. The number of anilines is 1. The van der Waals surface area contributed by atoms with Crippen LogP contribution in [0.4, 0.5) is 18.9 Å². The molecule has 0 amide bonds. The number of carbonyl (C=O) groups is 1. The van der Waals surface area contributed by atoms with E-state index in [2.05, 4.69) is 5.32 Å². The Bertz CT molecular complexity index is 524. The van der Waals surface area contributed by atoms with E-state index in [0.717, 1.165) is 25.0 Å². The minimum absolute atomic E-state index is 0.120. The fourth-order valence-electron chi connectivity index (χ4n) is 2.37. The molecule has 1 fully saturated rings. The maximum Gasteiger partial charge on any atom is 0.417 e. The number of carboxylic acids is 1. The number of hydrogen-bond donors (Lipinski definition) is 2. The molecule has 6 heteroatoms. The summed E-state index contributed by atoms with van der Waals surface area (Å²) in [5.41, 5.74) is -1.51. The molecule has 1 aliphatic carbocycles. The first-order valence-corrected chi connectivity index (χ1v) is 7.02. The minimum Gasteiger partial charge on any atom is -0.478 e. The van der Waals surface area contributed by atoms with Crippen LogP contribution in [0.1, 0.15) is 48.5 Å². The molecule has 116 valence electrons.